The first-order chi connectivity index (χ1) is 9.10. The number of aliphatic hydroxyl groups is 1. The normalized spacial score (nSPS) is 12.4. The summed E-state index contributed by atoms with van der Waals surface area (Å²) in [5.41, 5.74) is 1.38. The van der Waals surface area contributed by atoms with E-state index in [4.69, 9.17) is 4.74 Å². The van der Waals surface area contributed by atoms with E-state index in [0.29, 0.717) is 17.9 Å². The number of halogens is 1. The molecule has 0 aliphatic rings. The third kappa shape index (κ3) is 3.32. The van der Waals surface area contributed by atoms with Gasteiger partial charge in [0.15, 0.2) is 0 Å². The quantitative estimate of drug-likeness (QED) is 0.903. The van der Waals surface area contributed by atoms with Crippen molar-refractivity contribution in [2.75, 3.05) is 0 Å². The molecule has 102 valence electrons. The molecule has 0 aliphatic heterocycles. The lowest BCUT2D eigenvalue weighted by Gasteiger charge is -2.12. The fourth-order valence-electron chi connectivity index (χ4n) is 1.79. The van der Waals surface area contributed by atoms with Crippen molar-refractivity contribution in [2.45, 2.75) is 33.1 Å². The van der Waals surface area contributed by atoms with Crippen LogP contribution in [0.4, 0.5) is 4.39 Å². The van der Waals surface area contributed by atoms with Gasteiger partial charge in [-0.25, -0.2) is 4.39 Å². The number of hydrogen-bond acceptors (Lipinski definition) is 3. The van der Waals surface area contributed by atoms with Gasteiger partial charge >= 0.3 is 0 Å². The molecule has 0 unspecified atom stereocenters. The molecular weight excluding hydrogens is 247 g/mol. The van der Waals surface area contributed by atoms with Crippen molar-refractivity contribution in [3.05, 3.63) is 47.5 Å². The molecule has 0 saturated carbocycles. The van der Waals surface area contributed by atoms with Gasteiger partial charge in [0.1, 0.15) is 18.2 Å². The molecule has 5 heteroatoms. The van der Waals surface area contributed by atoms with E-state index in [1.165, 1.54) is 18.2 Å². The van der Waals surface area contributed by atoms with Gasteiger partial charge in [-0.1, -0.05) is 0 Å². The first-order valence-corrected chi connectivity index (χ1v) is 6.21. The zero-order valence-corrected chi connectivity index (χ0v) is 11.0. The van der Waals surface area contributed by atoms with Crippen LogP contribution in [-0.4, -0.2) is 14.9 Å². The molecule has 19 heavy (non-hydrogen) atoms. The summed E-state index contributed by atoms with van der Waals surface area (Å²) in [6, 6.07) is 4.13. The Bertz CT molecular complexity index is 552. The van der Waals surface area contributed by atoms with Gasteiger partial charge in [-0.2, -0.15) is 5.10 Å². The molecular formula is C14H17FN2O2. The van der Waals surface area contributed by atoms with Gasteiger partial charge in [-0.15, -0.1) is 0 Å². The average molecular weight is 264 g/mol. The molecule has 1 atom stereocenters. The SMILES string of the molecule is CCn1cc(COc2ccc(F)cc2[C@H](C)O)cn1. The fourth-order valence-corrected chi connectivity index (χ4v) is 1.79. The largest absolute Gasteiger partial charge is 0.488 e. The molecule has 0 saturated heterocycles. The van der Waals surface area contributed by atoms with Crippen molar-refractivity contribution in [3.8, 4) is 5.75 Å². The Balaban J connectivity index is 2.10. The summed E-state index contributed by atoms with van der Waals surface area (Å²) in [5, 5.41) is 13.8. The van der Waals surface area contributed by atoms with Crippen LogP contribution in [0.5, 0.6) is 5.75 Å². The number of ether oxygens (including phenoxy) is 1. The van der Waals surface area contributed by atoms with Crippen molar-refractivity contribution in [3.63, 3.8) is 0 Å². The van der Waals surface area contributed by atoms with Crippen LogP contribution in [0.1, 0.15) is 31.1 Å². The number of aryl methyl sites for hydroxylation is 1. The number of aromatic nitrogens is 2. The van der Waals surface area contributed by atoms with Crippen LogP contribution in [0.15, 0.2) is 30.6 Å². The van der Waals surface area contributed by atoms with Crippen LogP contribution < -0.4 is 4.74 Å². The average Bonchev–Trinajstić information content (AvgIpc) is 2.85. The van der Waals surface area contributed by atoms with E-state index >= 15 is 0 Å². The zero-order chi connectivity index (χ0) is 13.8. The van der Waals surface area contributed by atoms with Crippen LogP contribution in [0.2, 0.25) is 0 Å². The van der Waals surface area contributed by atoms with E-state index in [1.807, 2.05) is 13.1 Å². The molecule has 0 bridgehead atoms. The van der Waals surface area contributed by atoms with Gasteiger partial charge in [0.2, 0.25) is 0 Å². The Morgan fingerprint density at radius 2 is 2.26 bits per heavy atom. The molecule has 1 aromatic carbocycles. The summed E-state index contributed by atoms with van der Waals surface area (Å²) in [6.45, 7) is 4.72. The van der Waals surface area contributed by atoms with E-state index in [0.717, 1.165) is 12.1 Å². The summed E-state index contributed by atoms with van der Waals surface area (Å²) in [6.07, 6.45) is 2.85. The molecule has 2 aromatic rings. The molecule has 1 aromatic heterocycles. The summed E-state index contributed by atoms with van der Waals surface area (Å²) in [5.74, 6) is 0.0997. The topological polar surface area (TPSA) is 47.3 Å². The molecule has 0 fully saturated rings. The van der Waals surface area contributed by atoms with Crippen LogP contribution in [-0.2, 0) is 13.2 Å². The van der Waals surface area contributed by atoms with Crippen LogP contribution >= 0.6 is 0 Å². The van der Waals surface area contributed by atoms with Gasteiger partial charge in [0.25, 0.3) is 0 Å². The highest BCUT2D eigenvalue weighted by molar-refractivity contribution is 5.35. The Morgan fingerprint density at radius 3 is 2.89 bits per heavy atom. The van der Waals surface area contributed by atoms with Gasteiger partial charge < -0.3 is 9.84 Å². The Kier molecular flexibility index (Phi) is 4.16. The molecule has 1 N–H and O–H groups in total. The molecule has 1 heterocycles. The van der Waals surface area contributed by atoms with E-state index in [-0.39, 0.29) is 5.82 Å². The zero-order valence-electron chi connectivity index (χ0n) is 11.0. The minimum absolute atomic E-state index is 0.339. The first kappa shape index (κ1) is 13.5. The van der Waals surface area contributed by atoms with Crippen molar-refractivity contribution < 1.29 is 14.2 Å². The highest BCUT2D eigenvalue weighted by Gasteiger charge is 2.11. The molecule has 0 aliphatic carbocycles. The number of hydrogen-bond donors (Lipinski definition) is 1. The van der Waals surface area contributed by atoms with Crippen molar-refractivity contribution in [1.29, 1.82) is 0 Å². The van der Waals surface area contributed by atoms with E-state index in [9.17, 15) is 9.50 Å². The number of rotatable bonds is 5. The van der Waals surface area contributed by atoms with Crippen LogP contribution in [0.25, 0.3) is 0 Å². The molecule has 0 radical (unpaired) electrons. The number of nitrogens with zero attached hydrogens (tertiary/aromatic N) is 2. The van der Waals surface area contributed by atoms with Crippen LogP contribution in [0, 0.1) is 5.82 Å². The lowest BCUT2D eigenvalue weighted by Crippen LogP contribution is -2.01. The fraction of sp³-hybridized carbons (Fsp3) is 0.357. The highest BCUT2D eigenvalue weighted by Crippen LogP contribution is 2.26. The third-order valence-corrected chi connectivity index (χ3v) is 2.83. The van der Waals surface area contributed by atoms with Gasteiger partial charge in [0, 0.05) is 23.9 Å². The summed E-state index contributed by atoms with van der Waals surface area (Å²) >= 11 is 0. The van der Waals surface area contributed by atoms with Gasteiger partial charge in [0.05, 0.1) is 12.3 Å². The summed E-state index contributed by atoms with van der Waals surface area (Å²) < 4.78 is 20.6. The minimum Gasteiger partial charge on any atom is -0.488 e. The smallest absolute Gasteiger partial charge is 0.125 e. The molecule has 2 rings (SSSR count). The predicted molar refractivity (Wildman–Crippen MR) is 69.3 cm³/mol. The van der Waals surface area contributed by atoms with Crippen molar-refractivity contribution >= 4 is 0 Å². The molecule has 4 nitrogen and oxygen atoms in total. The van der Waals surface area contributed by atoms with Crippen LogP contribution in [0.3, 0.4) is 0 Å². The lowest BCUT2D eigenvalue weighted by atomic mass is 10.1. The summed E-state index contributed by atoms with van der Waals surface area (Å²) in [4.78, 5) is 0. The standard InChI is InChI=1S/C14H17FN2O2/c1-3-17-8-11(7-16-17)9-19-14-5-4-12(15)6-13(14)10(2)18/h4-8,10,18H,3,9H2,1-2H3/t10-/m0/s1. The Labute approximate surface area is 111 Å². The maximum absolute atomic E-state index is 13.1. The lowest BCUT2D eigenvalue weighted by molar-refractivity contribution is 0.189. The van der Waals surface area contributed by atoms with Gasteiger partial charge in [-0.05, 0) is 32.0 Å². The predicted octanol–water partition coefficient (Wildman–Crippen LogP) is 2.67. The third-order valence-electron chi connectivity index (χ3n) is 2.83. The second-order valence-corrected chi connectivity index (χ2v) is 4.35. The monoisotopic (exact) mass is 264 g/mol. The number of benzene rings is 1. The van der Waals surface area contributed by atoms with Crippen molar-refractivity contribution in [2.24, 2.45) is 0 Å². The number of aliphatic hydroxyl groups excluding tert-OH is 1. The molecule has 0 spiro atoms. The Morgan fingerprint density at radius 1 is 1.47 bits per heavy atom. The first-order valence-electron chi connectivity index (χ1n) is 6.21. The van der Waals surface area contributed by atoms with Crippen molar-refractivity contribution in [1.82, 2.24) is 9.78 Å². The van der Waals surface area contributed by atoms with Gasteiger partial charge in [-0.3, -0.25) is 4.68 Å². The maximum atomic E-state index is 13.1. The maximum Gasteiger partial charge on any atom is 0.125 e. The highest BCUT2D eigenvalue weighted by atomic mass is 19.1. The molecule has 0 amide bonds. The Hall–Kier alpha value is -1.88. The second kappa shape index (κ2) is 5.84. The second-order valence-electron chi connectivity index (χ2n) is 4.35. The summed E-state index contributed by atoms with van der Waals surface area (Å²) in [7, 11) is 0. The van der Waals surface area contributed by atoms with E-state index < -0.39 is 6.10 Å². The minimum atomic E-state index is -0.774. The van der Waals surface area contributed by atoms with E-state index in [1.54, 1.807) is 17.8 Å². The van der Waals surface area contributed by atoms with E-state index in [2.05, 4.69) is 5.10 Å².